The summed E-state index contributed by atoms with van der Waals surface area (Å²) in [6.45, 7) is 0.244. The summed E-state index contributed by atoms with van der Waals surface area (Å²) in [5, 5.41) is 1.96. The van der Waals surface area contributed by atoms with Crippen LogP contribution in [0.2, 0.25) is 0 Å². The van der Waals surface area contributed by atoms with Crippen LogP contribution in [0.25, 0.3) is 0 Å². The molecule has 0 bridgehead atoms. The molecule has 2 rings (SSSR count). The number of nitrogens with zero attached hydrogens (tertiary/aromatic N) is 1. The predicted octanol–water partition coefficient (Wildman–Crippen LogP) is 2.68. The van der Waals surface area contributed by atoms with Crippen molar-refractivity contribution in [2.75, 3.05) is 6.61 Å². The lowest BCUT2D eigenvalue weighted by Crippen LogP contribution is -2.10. The lowest BCUT2D eigenvalue weighted by atomic mass is 10.3. The lowest BCUT2D eigenvalue weighted by molar-refractivity contribution is 0.0503. The average Bonchev–Trinajstić information content (AvgIpc) is 2.82. The molecular formula is C12H10FNO2S. The molecule has 0 aromatic carbocycles. The van der Waals surface area contributed by atoms with Crippen LogP contribution in [-0.4, -0.2) is 17.6 Å². The molecule has 2 aromatic heterocycles. The molecule has 0 fully saturated rings. The van der Waals surface area contributed by atoms with E-state index in [1.54, 1.807) is 11.3 Å². The zero-order chi connectivity index (χ0) is 12.1. The summed E-state index contributed by atoms with van der Waals surface area (Å²) in [6, 6.07) is 6.75. The van der Waals surface area contributed by atoms with Crippen molar-refractivity contribution in [1.29, 1.82) is 0 Å². The van der Waals surface area contributed by atoms with Gasteiger partial charge in [0.2, 0.25) is 5.95 Å². The molecule has 0 amide bonds. The molecule has 0 atom stereocenters. The van der Waals surface area contributed by atoms with E-state index in [1.807, 2.05) is 17.5 Å². The zero-order valence-electron chi connectivity index (χ0n) is 8.93. The van der Waals surface area contributed by atoms with Crippen LogP contribution in [0, 0.1) is 5.95 Å². The van der Waals surface area contributed by atoms with Gasteiger partial charge in [-0.2, -0.15) is 4.39 Å². The van der Waals surface area contributed by atoms with Crippen molar-refractivity contribution in [3.8, 4) is 0 Å². The Kier molecular flexibility index (Phi) is 3.82. The van der Waals surface area contributed by atoms with Gasteiger partial charge in [-0.05, 0) is 23.6 Å². The van der Waals surface area contributed by atoms with Gasteiger partial charge in [-0.25, -0.2) is 9.78 Å². The first-order valence-corrected chi connectivity index (χ1v) is 5.95. The van der Waals surface area contributed by atoms with E-state index in [4.69, 9.17) is 4.74 Å². The van der Waals surface area contributed by atoms with E-state index in [2.05, 4.69) is 4.98 Å². The lowest BCUT2D eigenvalue weighted by Gasteiger charge is -2.03. The first kappa shape index (κ1) is 11.7. The van der Waals surface area contributed by atoms with Gasteiger partial charge in [0, 0.05) is 17.5 Å². The van der Waals surface area contributed by atoms with Crippen LogP contribution in [0.3, 0.4) is 0 Å². The van der Waals surface area contributed by atoms with Gasteiger partial charge >= 0.3 is 5.97 Å². The number of carbonyl (C=O) groups excluding carboxylic acids is 1. The second-order valence-corrected chi connectivity index (χ2v) is 4.34. The van der Waals surface area contributed by atoms with Gasteiger partial charge in [-0.1, -0.05) is 6.07 Å². The van der Waals surface area contributed by atoms with Crippen molar-refractivity contribution >= 4 is 17.3 Å². The SMILES string of the molecule is O=C(OCCc1cccs1)c1cccnc1F. The van der Waals surface area contributed by atoms with E-state index in [1.165, 1.54) is 18.3 Å². The average molecular weight is 251 g/mol. The maximum Gasteiger partial charge on any atom is 0.342 e. The topological polar surface area (TPSA) is 39.2 Å². The van der Waals surface area contributed by atoms with Gasteiger partial charge in [0.1, 0.15) is 5.56 Å². The van der Waals surface area contributed by atoms with E-state index in [0.717, 1.165) is 4.88 Å². The fraction of sp³-hybridized carbons (Fsp3) is 0.167. The smallest absolute Gasteiger partial charge is 0.342 e. The number of pyridine rings is 1. The summed E-state index contributed by atoms with van der Waals surface area (Å²) < 4.78 is 18.1. The molecule has 5 heteroatoms. The molecule has 0 saturated carbocycles. The first-order chi connectivity index (χ1) is 8.27. The Morgan fingerprint density at radius 3 is 3.00 bits per heavy atom. The van der Waals surface area contributed by atoms with Crippen LogP contribution in [0.4, 0.5) is 4.39 Å². The molecule has 0 unspecified atom stereocenters. The van der Waals surface area contributed by atoms with Crippen molar-refractivity contribution in [3.05, 3.63) is 52.2 Å². The normalized spacial score (nSPS) is 10.2. The Morgan fingerprint density at radius 2 is 2.29 bits per heavy atom. The van der Waals surface area contributed by atoms with Crippen molar-refractivity contribution < 1.29 is 13.9 Å². The highest BCUT2D eigenvalue weighted by Gasteiger charge is 2.13. The molecule has 88 valence electrons. The van der Waals surface area contributed by atoms with Crippen LogP contribution in [-0.2, 0) is 11.2 Å². The summed E-state index contributed by atoms with van der Waals surface area (Å²) >= 11 is 1.60. The minimum atomic E-state index is -0.798. The molecule has 0 radical (unpaired) electrons. The van der Waals surface area contributed by atoms with Crippen LogP contribution in [0.15, 0.2) is 35.8 Å². The molecular weight excluding hydrogens is 241 g/mol. The highest BCUT2D eigenvalue weighted by Crippen LogP contribution is 2.10. The molecule has 2 aromatic rings. The Morgan fingerprint density at radius 1 is 1.41 bits per heavy atom. The zero-order valence-corrected chi connectivity index (χ0v) is 9.74. The van der Waals surface area contributed by atoms with Crippen molar-refractivity contribution in [1.82, 2.24) is 4.98 Å². The predicted molar refractivity (Wildman–Crippen MR) is 62.5 cm³/mol. The second kappa shape index (κ2) is 5.54. The van der Waals surface area contributed by atoms with Crippen LogP contribution >= 0.6 is 11.3 Å². The van der Waals surface area contributed by atoms with E-state index in [0.29, 0.717) is 6.42 Å². The van der Waals surface area contributed by atoms with E-state index >= 15 is 0 Å². The van der Waals surface area contributed by atoms with Crippen molar-refractivity contribution in [2.24, 2.45) is 0 Å². The second-order valence-electron chi connectivity index (χ2n) is 3.31. The maximum atomic E-state index is 13.1. The van der Waals surface area contributed by atoms with Crippen LogP contribution in [0.1, 0.15) is 15.2 Å². The van der Waals surface area contributed by atoms with Crippen molar-refractivity contribution in [3.63, 3.8) is 0 Å². The number of rotatable bonds is 4. The monoisotopic (exact) mass is 251 g/mol. The molecule has 0 N–H and O–H groups in total. The van der Waals surface area contributed by atoms with E-state index < -0.39 is 11.9 Å². The van der Waals surface area contributed by atoms with Gasteiger partial charge in [0.15, 0.2) is 0 Å². The maximum absolute atomic E-state index is 13.1. The number of hydrogen-bond donors (Lipinski definition) is 0. The quantitative estimate of drug-likeness (QED) is 0.619. The molecule has 0 aliphatic heterocycles. The number of esters is 1. The minimum Gasteiger partial charge on any atom is -0.462 e. The third-order valence-electron chi connectivity index (χ3n) is 2.14. The Bertz CT molecular complexity index is 499. The number of aromatic nitrogens is 1. The van der Waals surface area contributed by atoms with Gasteiger partial charge in [0.25, 0.3) is 0 Å². The highest BCUT2D eigenvalue weighted by atomic mass is 32.1. The number of ether oxygens (including phenoxy) is 1. The summed E-state index contributed by atoms with van der Waals surface area (Å²) in [6.07, 6.45) is 1.93. The Hall–Kier alpha value is -1.75. The Labute approximate surface area is 102 Å². The summed E-state index contributed by atoms with van der Waals surface area (Å²) in [5.74, 6) is -1.47. The summed E-state index contributed by atoms with van der Waals surface area (Å²) in [4.78, 5) is 16.0. The van der Waals surface area contributed by atoms with E-state index in [-0.39, 0.29) is 12.2 Å². The number of hydrogen-bond acceptors (Lipinski definition) is 4. The van der Waals surface area contributed by atoms with Gasteiger partial charge < -0.3 is 4.74 Å². The number of thiophene rings is 1. The molecule has 0 aliphatic carbocycles. The standard InChI is InChI=1S/C12H10FNO2S/c13-11-10(4-1-6-14-11)12(15)16-7-5-9-3-2-8-17-9/h1-4,6,8H,5,7H2. The van der Waals surface area contributed by atoms with Crippen LogP contribution in [0.5, 0.6) is 0 Å². The highest BCUT2D eigenvalue weighted by molar-refractivity contribution is 7.09. The van der Waals surface area contributed by atoms with E-state index in [9.17, 15) is 9.18 Å². The summed E-state index contributed by atoms with van der Waals surface area (Å²) in [5.41, 5.74) is -0.126. The molecule has 3 nitrogen and oxygen atoms in total. The molecule has 0 saturated heterocycles. The van der Waals surface area contributed by atoms with Gasteiger partial charge in [0.05, 0.1) is 6.61 Å². The molecule has 17 heavy (non-hydrogen) atoms. The third-order valence-corrected chi connectivity index (χ3v) is 3.08. The van der Waals surface area contributed by atoms with Crippen LogP contribution < -0.4 is 0 Å². The largest absolute Gasteiger partial charge is 0.462 e. The fourth-order valence-electron chi connectivity index (χ4n) is 1.32. The first-order valence-electron chi connectivity index (χ1n) is 5.07. The Balaban J connectivity index is 1.88. The molecule has 0 spiro atoms. The minimum absolute atomic E-state index is 0.126. The van der Waals surface area contributed by atoms with Gasteiger partial charge in [-0.15, -0.1) is 11.3 Å². The molecule has 2 heterocycles. The number of carbonyl (C=O) groups is 1. The number of halogens is 1. The van der Waals surface area contributed by atoms with Crippen molar-refractivity contribution in [2.45, 2.75) is 6.42 Å². The van der Waals surface area contributed by atoms with Gasteiger partial charge in [-0.3, -0.25) is 0 Å². The molecule has 0 aliphatic rings. The third kappa shape index (κ3) is 3.10. The summed E-state index contributed by atoms with van der Waals surface area (Å²) in [7, 11) is 0. The fourth-order valence-corrected chi connectivity index (χ4v) is 2.01.